The van der Waals surface area contributed by atoms with Crippen molar-refractivity contribution in [1.82, 2.24) is 20.2 Å². The summed E-state index contributed by atoms with van der Waals surface area (Å²) in [4.78, 5) is 22.4. The van der Waals surface area contributed by atoms with Gasteiger partial charge in [-0.05, 0) is 45.1 Å². The Morgan fingerprint density at radius 3 is 2.54 bits per heavy atom. The maximum Gasteiger partial charge on any atom is 0.271 e. The van der Waals surface area contributed by atoms with Crippen LogP contribution in [0.25, 0.3) is 0 Å². The third-order valence-electron chi connectivity index (χ3n) is 3.41. The number of carbonyl (C=O) groups excluding carboxylic acids is 1. The average Bonchev–Trinajstić information content (AvgIpc) is 2.51. The van der Waals surface area contributed by atoms with Crippen LogP contribution < -0.4 is 10.6 Å². The molecular formula is C17H22ClN5O. The zero-order valence-corrected chi connectivity index (χ0v) is 15.1. The molecule has 6 nitrogen and oxygen atoms in total. The Balaban J connectivity index is 2.03. The number of carbonyl (C=O) groups is 1. The highest BCUT2D eigenvalue weighted by Gasteiger charge is 2.10. The number of likely N-dealkylation sites (N-methyl/N-ethyl adjacent to an activating group) is 1. The number of hydrogen-bond donors (Lipinski definition) is 2. The summed E-state index contributed by atoms with van der Waals surface area (Å²) >= 11 is 6.27. The van der Waals surface area contributed by atoms with E-state index in [0.717, 1.165) is 23.4 Å². The molecule has 1 aromatic carbocycles. The number of benzene rings is 1. The van der Waals surface area contributed by atoms with E-state index in [4.69, 9.17) is 11.6 Å². The van der Waals surface area contributed by atoms with Crippen molar-refractivity contribution in [3.8, 4) is 0 Å². The minimum absolute atomic E-state index is 0.236. The molecule has 0 saturated heterocycles. The van der Waals surface area contributed by atoms with Crippen molar-refractivity contribution in [1.29, 1.82) is 0 Å². The van der Waals surface area contributed by atoms with Crippen LogP contribution in [0.15, 0.2) is 24.5 Å². The molecule has 0 aliphatic heterocycles. The summed E-state index contributed by atoms with van der Waals surface area (Å²) in [5.74, 6) is 0.300. The molecule has 0 saturated carbocycles. The van der Waals surface area contributed by atoms with Crippen LogP contribution in [0.2, 0.25) is 5.02 Å². The van der Waals surface area contributed by atoms with Gasteiger partial charge in [-0.1, -0.05) is 17.7 Å². The second-order valence-electron chi connectivity index (χ2n) is 5.91. The molecule has 2 N–H and O–H groups in total. The predicted octanol–water partition coefficient (Wildman–Crippen LogP) is 2.78. The van der Waals surface area contributed by atoms with E-state index in [1.165, 1.54) is 12.4 Å². The van der Waals surface area contributed by atoms with Gasteiger partial charge in [-0.3, -0.25) is 4.79 Å². The zero-order chi connectivity index (χ0) is 17.7. The van der Waals surface area contributed by atoms with E-state index in [-0.39, 0.29) is 11.6 Å². The van der Waals surface area contributed by atoms with Gasteiger partial charge >= 0.3 is 0 Å². The van der Waals surface area contributed by atoms with Crippen molar-refractivity contribution in [2.24, 2.45) is 0 Å². The molecule has 0 atom stereocenters. The van der Waals surface area contributed by atoms with E-state index < -0.39 is 0 Å². The number of halogens is 1. The van der Waals surface area contributed by atoms with Gasteiger partial charge < -0.3 is 15.5 Å². The lowest BCUT2D eigenvalue weighted by atomic mass is 10.1. The number of aryl methyl sites for hydroxylation is 2. The molecule has 0 unspecified atom stereocenters. The van der Waals surface area contributed by atoms with Crippen LogP contribution in [0.4, 0.5) is 11.5 Å². The third-order valence-corrected chi connectivity index (χ3v) is 3.71. The topological polar surface area (TPSA) is 70.2 Å². The summed E-state index contributed by atoms with van der Waals surface area (Å²) in [7, 11) is 3.90. The van der Waals surface area contributed by atoms with Crippen LogP contribution in [0.3, 0.4) is 0 Å². The Hall–Kier alpha value is -2.18. The Kier molecular flexibility index (Phi) is 6.11. The minimum atomic E-state index is -0.236. The Labute approximate surface area is 147 Å². The second-order valence-corrected chi connectivity index (χ2v) is 6.32. The van der Waals surface area contributed by atoms with E-state index in [1.54, 1.807) is 0 Å². The first kappa shape index (κ1) is 18.2. The lowest BCUT2D eigenvalue weighted by Crippen LogP contribution is -2.31. The highest BCUT2D eigenvalue weighted by molar-refractivity contribution is 6.33. The first-order valence-electron chi connectivity index (χ1n) is 7.65. The standard InChI is InChI=1S/C17H22ClN5O/c1-11-7-12(2)16(13(18)8-11)22-15-10-20-14(9-21-15)17(24)19-5-6-23(3)4/h7-10H,5-6H2,1-4H3,(H,19,24)(H,21,22). The van der Waals surface area contributed by atoms with Gasteiger partial charge in [-0.2, -0.15) is 0 Å². The van der Waals surface area contributed by atoms with Crippen LogP contribution in [0.1, 0.15) is 21.6 Å². The molecule has 24 heavy (non-hydrogen) atoms. The summed E-state index contributed by atoms with van der Waals surface area (Å²) in [6.07, 6.45) is 2.97. The molecule has 0 aliphatic carbocycles. The maximum atomic E-state index is 12.0. The molecule has 0 radical (unpaired) electrons. The zero-order valence-electron chi connectivity index (χ0n) is 14.4. The normalized spacial score (nSPS) is 10.8. The Morgan fingerprint density at radius 2 is 1.96 bits per heavy atom. The van der Waals surface area contributed by atoms with Gasteiger partial charge in [0.15, 0.2) is 0 Å². The molecular weight excluding hydrogens is 326 g/mol. The number of nitrogens with zero attached hydrogens (tertiary/aromatic N) is 3. The fourth-order valence-corrected chi connectivity index (χ4v) is 2.56. The highest BCUT2D eigenvalue weighted by atomic mass is 35.5. The molecule has 128 valence electrons. The molecule has 0 spiro atoms. The summed E-state index contributed by atoms with van der Waals surface area (Å²) in [6, 6.07) is 3.92. The van der Waals surface area contributed by atoms with Crippen LogP contribution in [-0.2, 0) is 0 Å². The number of anilines is 2. The average molecular weight is 348 g/mol. The lowest BCUT2D eigenvalue weighted by molar-refractivity contribution is 0.0945. The SMILES string of the molecule is Cc1cc(C)c(Nc2cnc(C(=O)NCCN(C)C)cn2)c(Cl)c1. The number of nitrogens with one attached hydrogen (secondary N) is 2. The monoisotopic (exact) mass is 347 g/mol. The van der Waals surface area contributed by atoms with E-state index in [2.05, 4.69) is 20.6 Å². The van der Waals surface area contributed by atoms with Gasteiger partial charge in [0.25, 0.3) is 5.91 Å². The molecule has 2 rings (SSSR count). The van der Waals surface area contributed by atoms with Crippen LogP contribution in [0.5, 0.6) is 0 Å². The Bertz CT molecular complexity index is 692. The lowest BCUT2D eigenvalue weighted by Gasteiger charge is -2.12. The largest absolute Gasteiger partial charge is 0.349 e. The van der Waals surface area contributed by atoms with Gasteiger partial charge in [-0.15, -0.1) is 0 Å². The maximum absolute atomic E-state index is 12.0. The number of rotatable bonds is 6. The second kappa shape index (κ2) is 8.08. The molecule has 0 bridgehead atoms. The molecule has 7 heteroatoms. The fourth-order valence-electron chi connectivity index (χ4n) is 2.20. The first-order valence-corrected chi connectivity index (χ1v) is 8.03. The first-order chi connectivity index (χ1) is 11.4. The predicted molar refractivity (Wildman–Crippen MR) is 97.1 cm³/mol. The third kappa shape index (κ3) is 4.91. The van der Waals surface area contributed by atoms with Crippen molar-refractivity contribution in [3.05, 3.63) is 46.4 Å². The molecule has 1 amide bonds. The van der Waals surface area contributed by atoms with Crippen LogP contribution in [-0.4, -0.2) is 48.0 Å². The summed E-state index contributed by atoms with van der Waals surface area (Å²) < 4.78 is 0. The van der Waals surface area contributed by atoms with E-state index in [1.807, 2.05) is 45.0 Å². The summed E-state index contributed by atoms with van der Waals surface area (Å²) in [5, 5.41) is 6.57. The van der Waals surface area contributed by atoms with Gasteiger partial charge in [0.2, 0.25) is 0 Å². The van der Waals surface area contributed by atoms with Gasteiger partial charge in [0.05, 0.1) is 23.1 Å². The molecule has 1 heterocycles. The van der Waals surface area contributed by atoms with E-state index >= 15 is 0 Å². The minimum Gasteiger partial charge on any atom is -0.349 e. The molecule has 0 fully saturated rings. The van der Waals surface area contributed by atoms with E-state index in [0.29, 0.717) is 17.4 Å². The smallest absolute Gasteiger partial charge is 0.271 e. The Morgan fingerprint density at radius 1 is 1.21 bits per heavy atom. The molecule has 0 aliphatic rings. The fraction of sp³-hybridized carbons (Fsp3) is 0.353. The summed E-state index contributed by atoms with van der Waals surface area (Å²) in [5.41, 5.74) is 3.19. The van der Waals surface area contributed by atoms with Gasteiger partial charge in [0.1, 0.15) is 11.5 Å². The number of hydrogen-bond acceptors (Lipinski definition) is 5. The van der Waals surface area contributed by atoms with Crippen molar-refractivity contribution in [2.75, 3.05) is 32.5 Å². The van der Waals surface area contributed by atoms with Crippen molar-refractivity contribution in [2.45, 2.75) is 13.8 Å². The van der Waals surface area contributed by atoms with Crippen LogP contribution in [0, 0.1) is 13.8 Å². The quantitative estimate of drug-likeness (QED) is 0.840. The van der Waals surface area contributed by atoms with Crippen molar-refractivity contribution < 1.29 is 4.79 Å². The highest BCUT2D eigenvalue weighted by Crippen LogP contribution is 2.29. The summed E-state index contributed by atoms with van der Waals surface area (Å²) in [6.45, 7) is 5.29. The number of aromatic nitrogens is 2. The van der Waals surface area contributed by atoms with Gasteiger partial charge in [-0.25, -0.2) is 9.97 Å². The number of amides is 1. The van der Waals surface area contributed by atoms with Gasteiger partial charge in [0, 0.05) is 13.1 Å². The molecule has 1 aromatic heterocycles. The van der Waals surface area contributed by atoms with Crippen molar-refractivity contribution >= 4 is 29.0 Å². The van der Waals surface area contributed by atoms with Crippen LogP contribution >= 0.6 is 11.6 Å². The van der Waals surface area contributed by atoms with Crippen molar-refractivity contribution in [3.63, 3.8) is 0 Å². The van der Waals surface area contributed by atoms with E-state index in [9.17, 15) is 4.79 Å². The molecule has 2 aromatic rings.